The van der Waals surface area contributed by atoms with Crippen LogP contribution in [0.15, 0.2) is 0 Å². The van der Waals surface area contributed by atoms with Crippen LogP contribution in [-0.4, -0.2) is 27.4 Å². The molecule has 0 aliphatic heterocycles. The van der Waals surface area contributed by atoms with Gasteiger partial charge in [0.1, 0.15) is 10.5 Å². The predicted octanol–water partition coefficient (Wildman–Crippen LogP) is 1.52. The van der Waals surface area contributed by atoms with E-state index in [4.69, 9.17) is 9.84 Å². The molecular weight excluding hydrogens is 230 g/mol. The summed E-state index contributed by atoms with van der Waals surface area (Å²) in [7, 11) is 1.39. The SMILES string of the molecule is COc1c(O)c(O)c(C)c2sc(CO)nc12. The minimum Gasteiger partial charge on any atom is -0.504 e. The Morgan fingerprint density at radius 3 is 2.56 bits per heavy atom. The van der Waals surface area contributed by atoms with Crippen molar-refractivity contribution in [3.05, 3.63) is 10.6 Å². The lowest BCUT2D eigenvalue weighted by Gasteiger charge is -2.08. The maximum Gasteiger partial charge on any atom is 0.203 e. The third kappa shape index (κ3) is 1.38. The van der Waals surface area contributed by atoms with Gasteiger partial charge in [0.05, 0.1) is 18.4 Å². The van der Waals surface area contributed by atoms with Crippen LogP contribution in [0, 0.1) is 6.92 Å². The van der Waals surface area contributed by atoms with E-state index in [-0.39, 0.29) is 23.9 Å². The first-order chi connectivity index (χ1) is 7.60. The molecule has 1 aromatic heterocycles. The molecule has 0 unspecified atom stereocenters. The van der Waals surface area contributed by atoms with E-state index in [2.05, 4.69) is 4.98 Å². The molecule has 6 heteroatoms. The maximum absolute atomic E-state index is 9.69. The van der Waals surface area contributed by atoms with Gasteiger partial charge in [0.2, 0.25) is 5.75 Å². The molecule has 0 spiro atoms. The van der Waals surface area contributed by atoms with Gasteiger partial charge >= 0.3 is 0 Å². The average molecular weight is 241 g/mol. The van der Waals surface area contributed by atoms with Gasteiger partial charge in [-0.1, -0.05) is 0 Å². The highest BCUT2D eigenvalue weighted by Crippen LogP contribution is 2.46. The summed E-state index contributed by atoms with van der Waals surface area (Å²) in [6, 6.07) is 0. The fourth-order valence-corrected chi connectivity index (χ4v) is 2.46. The number of hydrogen-bond acceptors (Lipinski definition) is 6. The first-order valence-electron chi connectivity index (χ1n) is 4.58. The largest absolute Gasteiger partial charge is 0.504 e. The van der Waals surface area contributed by atoms with Crippen molar-refractivity contribution >= 4 is 21.6 Å². The second-order valence-corrected chi connectivity index (χ2v) is 4.38. The average Bonchev–Trinajstić information content (AvgIpc) is 2.71. The van der Waals surface area contributed by atoms with Crippen LogP contribution < -0.4 is 4.74 Å². The number of nitrogens with zero attached hydrogens (tertiary/aromatic N) is 1. The van der Waals surface area contributed by atoms with Crippen LogP contribution in [0.1, 0.15) is 10.6 Å². The van der Waals surface area contributed by atoms with Crippen molar-refractivity contribution in [2.24, 2.45) is 0 Å². The van der Waals surface area contributed by atoms with E-state index in [0.29, 0.717) is 20.8 Å². The van der Waals surface area contributed by atoms with E-state index in [1.807, 2.05) is 0 Å². The number of thiazole rings is 1. The minimum absolute atomic E-state index is 0.133. The maximum atomic E-state index is 9.69. The van der Waals surface area contributed by atoms with E-state index in [1.165, 1.54) is 18.4 Å². The fraction of sp³-hybridized carbons (Fsp3) is 0.300. The van der Waals surface area contributed by atoms with Gasteiger partial charge in [-0.05, 0) is 6.92 Å². The monoisotopic (exact) mass is 241 g/mol. The Morgan fingerprint density at radius 2 is 2.00 bits per heavy atom. The Morgan fingerprint density at radius 1 is 1.31 bits per heavy atom. The fourth-order valence-electron chi connectivity index (χ4n) is 1.54. The van der Waals surface area contributed by atoms with Gasteiger partial charge in [-0.3, -0.25) is 0 Å². The third-order valence-corrected chi connectivity index (χ3v) is 3.52. The van der Waals surface area contributed by atoms with Gasteiger partial charge in [-0.15, -0.1) is 11.3 Å². The van der Waals surface area contributed by atoms with Crippen molar-refractivity contribution in [3.8, 4) is 17.2 Å². The van der Waals surface area contributed by atoms with Crippen molar-refractivity contribution < 1.29 is 20.1 Å². The molecule has 0 saturated carbocycles. The molecule has 5 nitrogen and oxygen atoms in total. The number of hydrogen-bond donors (Lipinski definition) is 3. The van der Waals surface area contributed by atoms with E-state index < -0.39 is 0 Å². The van der Waals surface area contributed by atoms with Crippen molar-refractivity contribution in [1.29, 1.82) is 0 Å². The zero-order valence-electron chi connectivity index (χ0n) is 8.81. The smallest absolute Gasteiger partial charge is 0.203 e. The summed E-state index contributed by atoms with van der Waals surface area (Å²) in [5.74, 6) is -0.395. The lowest BCUT2D eigenvalue weighted by molar-refractivity contribution is 0.281. The van der Waals surface area contributed by atoms with Crippen LogP contribution in [0.2, 0.25) is 0 Å². The zero-order valence-corrected chi connectivity index (χ0v) is 9.63. The van der Waals surface area contributed by atoms with Crippen molar-refractivity contribution in [3.63, 3.8) is 0 Å². The predicted molar refractivity (Wildman–Crippen MR) is 60.2 cm³/mol. The van der Waals surface area contributed by atoms with Gasteiger partial charge < -0.3 is 20.1 Å². The normalized spacial score (nSPS) is 10.9. The number of benzene rings is 1. The number of aromatic hydroxyl groups is 2. The van der Waals surface area contributed by atoms with Crippen LogP contribution in [0.4, 0.5) is 0 Å². The van der Waals surface area contributed by atoms with Crippen LogP contribution in [0.5, 0.6) is 17.2 Å². The Labute approximate surface area is 95.6 Å². The number of aromatic nitrogens is 1. The Balaban J connectivity index is 2.89. The van der Waals surface area contributed by atoms with Gasteiger partial charge in [-0.2, -0.15) is 0 Å². The molecule has 86 valence electrons. The first-order valence-corrected chi connectivity index (χ1v) is 5.40. The van der Waals surface area contributed by atoms with Gasteiger partial charge in [0.25, 0.3) is 0 Å². The van der Waals surface area contributed by atoms with Crippen molar-refractivity contribution in [1.82, 2.24) is 4.98 Å². The van der Waals surface area contributed by atoms with Crippen LogP contribution in [0.25, 0.3) is 10.2 Å². The summed E-state index contributed by atoms with van der Waals surface area (Å²) >= 11 is 1.26. The van der Waals surface area contributed by atoms with Gasteiger partial charge in [-0.25, -0.2) is 4.98 Å². The second kappa shape index (κ2) is 3.80. The molecule has 0 atom stereocenters. The number of phenolic OH excluding ortho intramolecular Hbond substituents is 2. The Bertz CT molecular complexity index is 549. The van der Waals surface area contributed by atoms with Gasteiger partial charge in [0.15, 0.2) is 11.5 Å². The van der Waals surface area contributed by atoms with Gasteiger partial charge in [0, 0.05) is 5.56 Å². The Hall–Kier alpha value is -1.53. The van der Waals surface area contributed by atoms with E-state index in [0.717, 1.165) is 0 Å². The highest BCUT2D eigenvalue weighted by Gasteiger charge is 2.20. The summed E-state index contributed by atoms with van der Waals surface area (Å²) in [4.78, 5) is 4.14. The summed E-state index contributed by atoms with van der Waals surface area (Å²) < 4.78 is 5.71. The number of methoxy groups -OCH3 is 1. The third-order valence-electron chi connectivity index (χ3n) is 2.36. The molecule has 0 radical (unpaired) electrons. The molecule has 1 heterocycles. The summed E-state index contributed by atoms with van der Waals surface area (Å²) in [6.45, 7) is 1.50. The number of rotatable bonds is 2. The van der Waals surface area contributed by atoms with E-state index in [9.17, 15) is 10.2 Å². The summed E-state index contributed by atoms with van der Waals surface area (Å²) in [5.41, 5.74) is 0.995. The van der Waals surface area contributed by atoms with Crippen molar-refractivity contribution in [2.75, 3.05) is 7.11 Å². The molecule has 1 aromatic carbocycles. The lowest BCUT2D eigenvalue weighted by atomic mass is 10.1. The highest BCUT2D eigenvalue weighted by atomic mass is 32.1. The molecule has 0 amide bonds. The highest BCUT2D eigenvalue weighted by molar-refractivity contribution is 7.18. The molecule has 2 rings (SSSR count). The number of fused-ring (bicyclic) bond motifs is 1. The number of aliphatic hydroxyl groups is 1. The topological polar surface area (TPSA) is 82.8 Å². The molecule has 2 aromatic rings. The van der Waals surface area contributed by atoms with Crippen LogP contribution in [-0.2, 0) is 6.61 Å². The van der Waals surface area contributed by atoms with E-state index >= 15 is 0 Å². The molecule has 0 aliphatic carbocycles. The molecule has 0 fully saturated rings. The van der Waals surface area contributed by atoms with E-state index in [1.54, 1.807) is 6.92 Å². The molecule has 16 heavy (non-hydrogen) atoms. The second-order valence-electron chi connectivity index (χ2n) is 3.30. The number of aryl methyl sites for hydroxylation is 1. The molecular formula is C10H11NO4S. The standard InChI is InChI=1S/C10H11NO4S/c1-4-7(13)8(14)9(15-2)6-10(4)16-5(3-12)11-6/h12-14H,3H2,1-2H3. The number of aliphatic hydroxyl groups excluding tert-OH is 1. The Kier molecular flexibility index (Phi) is 2.61. The molecule has 0 saturated heterocycles. The first kappa shape index (κ1) is 11.0. The minimum atomic E-state index is -0.317. The van der Waals surface area contributed by atoms with Crippen molar-refractivity contribution in [2.45, 2.75) is 13.5 Å². The lowest BCUT2D eigenvalue weighted by Crippen LogP contribution is -1.88. The summed E-state index contributed by atoms with van der Waals surface area (Å²) in [5, 5.41) is 28.9. The number of phenols is 2. The van der Waals surface area contributed by atoms with Crippen LogP contribution in [0.3, 0.4) is 0 Å². The molecule has 0 aliphatic rings. The zero-order chi connectivity index (χ0) is 11.9. The summed E-state index contributed by atoms with van der Waals surface area (Å²) in [6.07, 6.45) is 0. The molecule has 0 bridgehead atoms. The molecule has 3 N–H and O–H groups in total. The van der Waals surface area contributed by atoms with Crippen LogP contribution >= 0.6 is 11.3 Å². The quantitative estimate of drug-likeness (QED) is 0.694. The number of ether oxygens (including phenoxy) is 1.